The Balaban J connectivity index is 1.80. The van der Waals surface area contributed by atoms with Crippen molar-refractivity contribution in [3.8, 4) is 0 Å². The molecule has 7 nitrogen and oxygen atoms in total. The molecule has 0 aliphatic carbocycles. The van der Waals surface area contributed by atoms with Crippen molar-refractivity contribution in [2.24, 2.45) is 0 Å². The summed E-state index contributed by atoms with van der Waals surface area (Å²) in [5.41, 5.74) is 0.155. The van der Waals surface area contributed by atoms with Crippen LogP contribution in [0.2, 0.25) is 5.02 Å². The van der Waals surface area contributed by atoms with E-state index in [0.29, 0.717) is 5.76 Å². The molecule has 9 heteroatoms. The molecule has 2 N–H and O–H groups in total. The average Bonchev–Trinajstić information content (AvgIpc) is 3.12. The Morgan fingerprint density at radius 3 is 2.45 bits per heavy atom. The topological polar surface area (TPSA) is 101 Å². The third-order valence-electron chi connectivity index (χ3n) is 4.02. The summed E-state index contributed by atoms with van der Waals surface area (Å²) in [6.07, 6.45) is 0. The number of amides is 1. The van der Waals surface area contributed by atoms with E-state index in [4.69, 9.17) is 16.1 Å². The van der Waals surface area contributed by atoms with E-state index >= 15 is 0 Å². The lowest BCUT2D eigenvalue weighted by Crippen LogP contribution is -2.16. The molecule has 3 aromatic rings. The summed E-state index contributed by atoms with van der Waals surface area (Å²) in [7, 11) is -3.93. The van der Waals surface area contributed by atoms with E-state index < -0.39 is 15.9 Å². The van der Waals surface area contributed by atoms with Crippen molar-refractivity contribution < 1.29 is 17.7 Å². The molecule has 1 amide bonds. The second kappa shape index (κ2) is 7.88. The van der Waals surface area contributed by atoms with Gasteiger partial charge in [-0.1, -0.05) is 55.7 Å². The first-order valence-corrected chi connectivity index (χ1v) is 10.6. The first-order valence-electron chi connectivity index (χ1n) is 8.72. The zero-order valence-corrected chi connectivity index (χ0v) is 17.6. The minimum atomic E-state index is -3.93. The molecule has 0 spiro atoms. The Morgan fingerprint density at radius 2 is 1.79 bits per heavy atom. The van der Waals surface area contributed by atoms with Crippen LogP contribution in [0.3, 0.4) is 0 Å². The van der Waals surface area contributed by atoms with Crippen LogP contribution in [0.25, 0.3) is 0 Å². The predicted octanol–water partition coefficient (Wildman–Crippen LogP) is 4.68. The van der Waals surface area contributed by atoms with E-state index in [1.807, 2.05) is 20.8 Å². The van der Waals surface area contributed by atoms with Crippen LogP contribution >= 0.6 is 11.6 Å². The fraction of sp³-hybridized carbons (Fsp3) is 0.200. The fourth-order valence-electron chi connectivity index (χ4n) is 2.43. The number of carbonyl (C=O) groups is 1. The lowest BCUT2D eigenvalue weighted by Gasteiger charge is -2.12. The van der Waals surface area contributed by atoms with Gasteiger partial charge in [-0.25, -0.2) is 8.42 Å². The van der Waals surface area contributed by atoms with Gasteiger partial charge in [0.2, 0.25) is 0 Å². The van der Waals surface area contributed by atoms with Crippen LogP contribution in [0, 0.1) is 0 Å². The molecule has 2 aromatic carbocycles. The van der Waals surface area contributed by atoms with Crippen molar-refractivity contribution in [2.75, 3.05) is 10.0 Å². The molecule has 3 rings (SSSR count). The highest BCUT2D eigenvalue weighted by Gasteiger charge is 2.21. The van der Waals surface area contributed by atoms with E-state index in [1.54, 1.807) is 30.3 Å². The summed E-state index contributed by atoms with van der Waals surface area (Å²) in [4.78, 5) is 12.5. The van der Waals surface area contributed by atoms with Crippen LogP contribution in [0.15, 0.2) is 64.0 Å². The van der Waals surface area contributed by atoms with E-state index in [0.717, 1.165) is 0 Å². The standard InChI is InChI=1S/C20H20ClN3O4S/c1-20(2,3)17-12-18(23-28-17)22-19(25)13-7-6-8-14(11-13)29(26,27)24-16-10-5-4-9-15(16)21/h4-12,24H,1-3H3,(H,22,23,25). The first kappa shape index (κ1) is 20.9. The monoisotopic (exact) mass is 433 g/mol. The molecule has 0 saturated heterocycles. The smallest absolute Gasteiger partial charge is 0.261 e. The van der Waals surface area contributed by atoms with Gasteiger partial charge in [0, 0.05) is 17.0 Å². The van der Waals surface area contributed by atoms with Gasteiger partial charge >= 0.3 is 0 Å². The number of benzene rings is 2. The number of hydrogen-bond donors (Lipinski definition) is 2. The van der Waals surface area contributed by atoms with Gasteiger partial charge < -0.3 is 9.84 Å². The highest BCUT2D eigenvalue weighted by molar-refractivity contribution is 7.92. The molecule has 0 bridgehead atoms. The molecule has 0 atom stereocenters. The number of sulfonamides is 1. The Kier molecular flexibility index (Phi) is 5.68. The fourth-order valence-corrected chi connectivity index (χ4v) is 3.79. The van der Waals surface area contributed by atoms with Crippen LogP contribution in [0.5, 0.6) is 0 Å². The normalized spacial score (nSPS) is 11.9. The summed E-state index contributed by atoms with van der Waals surface area (Å²) >= 11 is 6.02. The van der Waals surface area contributed by atoms with Gasteiger partial charge in [-0.15, -0.1) is 0 Å². The second-order valence-corrected chi connectivity index (χ2v) is 9.48. The SMILES string of the molecule is CC(C)(C)c1cc(NC(=O)c2cccc(S(=O)(=O)Nc3ccccc3Cl)c2)no1. The van der Waals surface area contributed by atoms with Crippen LogP contribution in [-0.2, 0) is 15.4 Å². The molecule has 1 heterocycles. The van der Waals surface area contributed by atoms with E-state index in [2.05, 4.69) is 15.2 Å². The maximum Gasteiger partial charge on any atom is 0.261 e. The molecule has 0 aliphatic heterocycles. The van der Waals surface area contributed by atoms with E-state index in [9.17, 15) is 13.2 Å². The zero-order chi connectivity index (χ0) is 21.2. The van der Waals surface area contributed by atoms with Gasteiger partial charge in [-0.05, 0) is 30.3 Å². The van der Waals surface area contributed by atoms with Crippen LogP contribution < -0.4 is 10.0 Å². The number of nitrogens with one attached hydrogen (secondary N) is 2. The van der Waals surface area contributed by atoms with Crippen molar-refractivity contribution in [3.63, 3.8) is 0 Å². The molecular weight excluding hydrogens is 414 g/mol. The Bertz CT molecular complexity index is 1150. The molecule has 0 saturated carbocycles. The van der Waals surface area contributed by atoms with E-state index in [1.165, 1.54) is 24.3 Å². The summed E-state index contributed by atoms with van der Waals surface area (Å²) in [6.45, 7) is 5.87. The molecule has 0 radical (unpaired) electrons. The number of rotatable bonds is 5. The molecular formula is C20H20ClN3O4S. The largest absolute Gasteiger partial charge is 0.359 e. The Morgan fingerprint density at radius 1 is 1.07 bits per heavy atom. The minimum absolute atomic E-state index is 0.0689. The number of para-hydroxylation sites is 1. The third kappa shape index (κ3) is 4.96. The van der Waals surface area contributed by atoms with Crippen molar-refractivity contribution in [3.05, 3.63) is 70.9 Å². The Labute approximate surface area is 174 Å². The van der Waals surface area contributed by atoms with E-state index in [-0.39, 0.29) is 32.4 Å². The number of hydrogen-bond acceptors (Lipinski definition) is 5. The lowest BCUT2D eigenvalue weighted by molar-refractivity contribution is 0.102. The number of aromatic nitrogens is 1. The lowest BCUT2D eigenvalue weighted by atomic mass is 9.93. The first-order chi connectivity index (χ1) is 13.6. The van der Waals surface area contributed by atoms with Gasteiger partial charge in [0.1, 0.15) is 5.76 Å². The van der Waals surface area contributed by atoms with Crippen molar-refractivity contribution in [1.29, 1.82) is 0 Å². The number of carbonyl (C=O) groups excluding carboxylic acids is 1. The van der Waals surface area contributed by atoms with Crippen LogP contribution in [-0.4, -0.2) is 19.5 Å². The number of anilines is 2. The summed E-state index contributed by atoms with van der Waals surface area (Å²) in [5, 5.41) is 6.71. The van der Waals surface area contributed by atoms with Crippen molar-refractivity contribution in [2.45, 2.75) is 31.1 Å². The summed E-state index contributed by atoms with van der Waals surface area (Å²) in [5.74, 6) is 0.365. The van der Waals surface area contributed by atoms with Gasteiger partial charge in [0.15, 0.2) is 5.82 Å². The average molecular weight is 434 g/mol. The van der Waals surface area contributed by atoms with Gasteiger partial charge in [-0.2, -0.15) is 0 Å². The Hall–Kier alpha value is -2.84. The second-order valence-electron chi connectivity index (χ2n) is 7.39. The van der Waals surface area contributed by atoms with Gasteiger partial charge in [-0.3, -0.25) is 9.52 Å². The quantitative estimate of drug-likeness (QED) is 0.608. The zero-order valence-electron chi connectivity index (χ0n) is 16.1. The minimum Gasteiger partial charge on any atom is -0.359 e. The molecule has 0 unspecified atom stereocenters. The summed E-state index contributed by atoms with van der Waals surface area (Å²) < 4.78 is 33.0. The molecule has 29 heavy (non-hydrogen) atoms. The van der Waals surface area contributed by atoms with Crippen LogP contribution in [0.4, 0.5) is 11.5 Å². The molecule has 1 aromatic heterocycles. The van der Waals surface area contributed by atoms with Gasteiger partial charge in [0.05, 0.1) is 15.6 Å². The highest BCUT2D eigenvalue weighted by atomic mass is 35.5. The summed E-state index contributed by atoms with van der Waals surface area (Å²) in [6, 6.07) is 13.8. The van der Waals surface area contributed by atoms with Crippen molar-refractivity contribution >= 4 is 39.0 Å². The van der Waals surface area contributed by atoms with Gasteiger partial charge in [0.25, 0.3) is 15.9 Å². The third-order valence-corrected chi connectivity index (χ3v) is 5.71. The maximum atomic E-state index is 12.7. The number of halogens is 1. The van der Waals surface area contributed by atoms with Crippen LogP contribution in [0.1, 0.15) is 36.9 Å². The molecule has 0 fully saturated rings. The van der Waals surface area contributed by atoms with Crippen molar-refractivity contribution in [1.82, 2.24) is 5.16 Å². The maximum absolute atomic E-state index is 12.7. The molecule has 0 aliphatic rings. The number of nitrogens with zero attached hydrogens (tertiary/aromatic N) is 1. The molecule has 152 valence electrons. The highest BCUT2D eigenvalue weighted by Crippen LogP contribution is 2.26. The predicted molar refractivity (Wildman–Crippen MR) is 112 cm³/mol.